The predicted molar refractivity (Wildman–Crippen MR) is 134 cm³/mol. The number of para-hydroxylation sites is 1. The molecular formula is C26H25N3O7. The molecule has 186 valence electrons. The third-order valence-electron chi connectivity index (χ3n) is 5.53. The van der Waals surface area contributed by atoms with Gasteiger partial charge in [-0.2, -0.15) is 4.68 Å². The molecule has 0 saturated heterocycles. The van der Waals surface area contributed by atoms with Crippen LogP contribution < -0.4 is 34.7 Å². The second kappa shape index (κ2) is 10.3. The summed E-state index contributed by atoms with van der Waals surface area (Å²) in [5.41, 5.74) is 3.34. The maximum atomic E-state index is 13.5. The fourth-order valence-corrected chi connectivity index (χ4v) is 3.74. The number of amides is 1. The molecule has 4 aromatic rings. The lowest BCUT2D eigenvalue weighted by Gasteiger charge is -2.18. The van der Waals surface area contributed by atoms with E-state index in [1.54, 1.807) is 42.5 Å². The highest BCUT2D eigenvalue weighted by Crippen LogP contribution is 2.40. The molecule has 10 heteroatoms. The van der Waals surface area contributed by atoms with Gasteiger partial charge in [0.25, 0.3) is 11.5 Å². The normalized spacial score (nSPS) is 10.6. The van der Waals surface area contributed by atoms with E-state index in [9.17, 15) is 9.59 Å². The van der Waals surface area contributed by atoms with E-state index in [2.05, 4.69) is 10.4 Å². The first kappa shape index (κ1) is 24.4. The third-order valence-corrected chi connectivity index (χ3v) is 5.53. The fourth-order valence-electron chi connectivity index (χ4n) is 3.74. The molecule has 0 saturated carbocycles. The number of carbonyl (C=O) groups excluding carboxylic acids is 1. The zero-order valence-corrected chi connectivity index (χ0v) is 20.4. The lowest BCUT2D eigenvalue weighted by atomic mass is 10.1. The molecule has 3 aromatic carbocycles. The number of benzene rings is 3. The number of carbonyl (C=O) groups is 1. The van der Waals surface area contributed by atoms with E-state index in [0.29, 0.717) is 45.2 Å². The zero-order chi connectivity index (χ0) is 25.8. The van der Waals surface area contributed by atoms with E-state index < -0.39 is 11.5 Å². The van der Waals surface area contributed by atoms with Crippen molar-refractivity contribution in [2.75, 3.05) is 41.0 Å². The second-order valence-electron chi connectivity index (χ2n) is 7.55. The van der Waals surface area contributed by atoms with Crippen LogP contribution >= 0.6 is 0 Å². The summed E-state index contributed by atoms with van der Waals surface area (Å²) in [7, 11) is 7.43. The Balaban J connectivity index is 1.92. The standard InChI is InChI=1S/C26H25N3O7/c1-32-17-10-16(11-18(14-17)33-2)25(30)28-29-24(27-20-9-7-6-8-19(20)26(29)31)15-12-21(34-3)23(36-5)22(13-15)35-4/h6-14H,1-5H3,(H,28,30). The Labute approximate surface area is 206 Å². The van der Waals surface area contributed by atoms with Gasteiger partial charge >= 0.3 is 0 Å². The van der Waals surface area contributed by atoms with Gasteiger partial charge in [0, 0.05) is 17.2 Å². The smallest absolute Gasteiger partial charge is 0.280 e. The van der Waals surface area contributed by atoms with E-state index >= 15 is 0 Å². The summed E-state index contributed by atoms with van der Waals surface area (Å²) in [5.74, 6) is 1.56. The highest BCUT2D eigenvalue weighted by molar-refractivity contribution is 6.01. The van der Waals surface area contributed by atoms with Crippen LogP contribution in [-0.2, 0) is 0 Å². The van der Waals surface area contributed by atoms with Gasteiger partial charge in [0.1, 0.15) is 11.5 Å². The number of methoxy groups -OCH3 is 5. The first-order valence-electron chi connectivity index (χ1n) is 10.8. The molecule has 10 nitrogen and oxygen atoms in total. The van der Waals surface area contributed by atoms with E-state index in [4.69, 9.17) is 23.7 Å². The van der Waals surface area contributed by atoms with Crippen LogP contribution in [-0.4, -0.2) is 51.1 Å². The summed E-state index contributed by atoms with van der Waals surface area (Å²) >= 11 is 0. The molecule has 0 aliphatic carbocycles. The number of fused-ring (bicyclic) bond motifs is 1. The number of aromatic nitrogens is 2. The summed E-state index contributed by atoms with van der Waals surface area (Å²) in [6, 6.07) is 14.9. The van der Waals surface area contributed by atoms with Gasteiger partial charge in [-0.05, 0) is 36.4 Å². The summed E-state index contributed by atoms with van der Waals surface area (Å²) in [6.07, 6.45) is 0. The van der Waals surface area contributed by atoms with Gasteiger partial charge in [0.2, 0.25) is 5.75 Å². The minimum absolute atomic E-state index is 0.168. The van der Waals surface area contributed by atoms with Crippen molar-refractivity contribution in [1.29, 1.82) is 0 Å². The maximum Gasteiger partial charge on any atom is 0.280 e. The molecule has 1 aromatic heterocycles. The molecule has 1 N–H and O–H groups in total. The van der Waals surface area contributed by atoms with E-state index in [0.717, 1.165) is 4.68 Å². The number of hydrogen-bond acceptors (Lipinski definition) is 8. The Bertz CT molecular complexity index is 1450. The number of rotatable bonds is 8. The molecule has 36 heavy (non-hydrogen) atoms. The molecule has 0 fully saturated rings. The van der Waals surface area contributed by atoms with Crippen LogP contribution in [0.25, 0.3) is 22.3 Å². The van der Waals surface area contributed by atoms with E-state index in [-0.39, 0.29) is 11.4 Å². The quantitative estimate of drug-likeness (QED) is 0.399. The molecule has 0 spiro atoms. The lowest BCUT2D eigenvalue weighted by Crippen LogP contribution is -2.35. The molecule has 1 amide bonds. The van der Waals surface area contributed by atoms with Crippen molar-refractivity contribution < 1.29 is 28.5 Å². The summed E-state index contributed by atoms with van der Waals surface area (Å²) in [5, 5.41) is 0.331. The summed E-state index contributed by atoms with van der Waals surface area (Å²) in [6.45, 7) is 0. The number of ether oxygens (including phenoxy) is 5. The molecule has 0 aliphatic rings. The van der Waals surface area contributed by atoms with Gasteiger partial charge < -0.3 is 23.7 Å². The Morgan fingerprint density at radius 2 is 1.42 bits per heavy atom. The van der Waals surface area contributed by atoms with Crippen molar-refractivity contribution in [3.8, 4) is 40.1 Å². The zero-order valence-electron chi connectivity index (χ0n) is 20.4. The highest BCUT2D eigenvalue weighted by atomic mass is 16.5. The van der Waals surface area contributed by atoms with Gasteiger partial charge in [-0.15, -0.1) is 0 Å². The largest absolute Gasteiger partial charge is 0.497 e. The van der Waals surface area contributed by atoms with Crippen molar-refractivity contribution in [3.05, 3.63) is 70.5 Å². The molecule has 1 heterocycles. The summed E-state index contributed by atoms with van der Waals surface area (Å²) in [4.78, 5) is 31.5. The lowest BCUT2D eigenvalue weighted by molar-refractivity contribution is 0.101. The third kappa shape index (κ3) is 4.48. The Morgan fingerprint density at radius 3 is 1.97 bits per heavy atom. The van der Waals surface area contributed by atoms with Gasteiger partial charge in [0.05, 0.1) is 46.5 Å². The molecular weight excluding hydrogens is 466 g/mol. The SMILES string of the molecule is COc1cc(OC)cc(C(=O)Nn2c(-c3cc(OC)c(OC)c(OC)c3)nc3ccccc3c2=O)c1. The maximum absolute atomic E-state index is 13.5. The minimum Gasteiger partial charge on any atom is -0.497 e. The number of nitrogens with zero attached hydrogens (tertiary/aromatic N) is 2. The Kier molecular flexibility index (Phi) is 6.95. The van der Waals surface area contributed by atoms with Gasteiger partial charge in [-0.3, -0.25) is 15.0 Å². The fraction of sp³-hybridized carbons (Fsp3) is 0.192. The van der Waals surface area contributed by atoms with Crippen molar-refractivity contribution in [3.63, 3.8) is 0 Å². The molecule has 0 atom stereocenters. The molecule has 0 unspecified atom stereocenters. The minimum atomic E-state index is -0.569. The van der Waals surface area contributed by atoms with Crippen molar-refractivity contribution >= 4 is 16.8 Å². The van der Waals surface area contributed by atoms with Gasteiger partial charge in [0.15, 0.2) is 17.3 Å². The second-order valence-corrected chi connectivity index (χ2v) is 7.55. The Morgan fingerprint density at radius 1 is 0.806 bits per heavy atom. The van der Waals surface area contributed by atoms with Crippen molar-refractivity contribution in [2.45, 2.75) is 0 Å². The number of hydrogen-bond donors (Lipinski definition) is 1. The topological polar surface area (TPSA) is 110 Å². The van der Waals surface area contributed by atoms with Gasteiger partial charge in [-0.25, -0.2) is 4.98 Å². The first-order chi connectivity index (χ1) is 17.4. The van der Waals surface area contributed by atoms with Crippen LogP contribution in [0, 0.1) is 0 Å². The molecule has 0 bridgehead atoms. The monoisotopic (exact) mass is 491 g/mol. The van der Waals surface area contributed by atoms with Crippen LogP contribution in [0.15, 0.2) is 59.4 Å². The van der Waals surface area contributed by atoms with Crippen LogP contribution in [0.4, 0.5) is 0 Å². The Hall–Kier alpha value is -4.73. The highest BCUT2D eigenvalue weighted by Gasteiger charge is 2.21. The number of nitrogens with one attached hydrogen (secondary N) is 1. The van der Waals surface area contributed by atoms with Crippen molar-refractivity contribution in [2.24, 2.45) is 0 Å². The molecule has 0 aliphatic heterocycles. The predicted octanol–water partition coefficient (Wildman–Crippen LogP) is 3.49. The average Bonchev–Trinajstić information content (AvgIpc) is 2.92. The van der Waals surface area contributed by atoms with Crippen LogP contribution in [0.3, 0.4) is 0 Å². The van der Waals surface area contributed by atoms with Crippen LogP contribution in [0.5, 0.6) is 28.7 Å². The van der Waals surface area contributed by atoms with E-state index in [1.807, 2.05) is 0 Å². The van der Waals surface area contributed by atoms with E-state index in [1.165, 1.54) is 47.7 Å². The van der Waals surface area contributed by atoms with Gasteiger partial charge in [-0.1, -0.05) is 12.1 Å². The average molecular weight is 492 g/mol. The molecule has 4 rings (SSSR count). The molecule has 0 radical (unpaired) electrons. The van der Waals surface area contributed by atoms with Crippen LogP contribution in [0.1, 0.15) is 10.4 Å². The first-order valence-corrected chi connectivity index (χ1v) is 10.8. The summed E-state index contributed by atoms with van der Waals surface area (Å²) < 4.78 is 28.0. The van der Waals surface area contributed by atoms with Crippen molar-refractivity contribution in [1.82, 2.24) is 9.66 Å². The van der Waals surface area contributed by atoms with Crippen LogP contribution in [0.2, 0.25) is 0 Å².